The summed E-state index contributed by atoms with van der Waals surface area (Å²) in [6.45, 7) is 8.04. The van der Waals surface area contributed by atoms with Crippen LogP contribution in [0.5, 0.6) is 0 Å². The molecule has 0 spiro atoms. The number of nitrogens with one attached hydrogen (secondary N) is 1. The van der Waals surface area contributed by atoms with E-state index in [1.54, 1.807) is 43.7 Å². The molecular formula is C30H33N3O6. The van der Waals surface area contributed by atoms with Gasteiger partial charge in [0.15, 0.2) is 0 Å². The summed E-state index contributed by atoms with van der Waals surface area (Å²) in [5, 5.41) is 9.45. The number of carboxylic acids is 1. The maximum atomic E-state index is 13.6. The Bertz CT molecular complexity index is 1370. The summed E-state index contributed by atoms with van der Waals surface area (Å²) in [7, 11) is 0. The first-order valence-electron chi connectivity index (χ1n) is 13.0. The monoisotopic (exact) mass is 531 g/mol. The third-order valence-electron chi connectivity index (χ3n) is 7.33. The maximum Gasteiger partial charge on any atom is 0.410 e. The predicted octanol–water partition coefficient (Wildman–Crippen LogP) is 5.39. The molecule has 2 heterocycles. The standard InChI is InChI=1S/C30H33N3O6/c1-18-19(13-31-26(18)27(34)35)14-33(20-15-32(16-20)28(36)39-30(2,3)4)29(37)38-17-25-23-11-7-5-9-21(23)22-10-6-8-12-24(22)25/h5-13,20,25,31H,14-17H2,1-4H3,(H,34,35). The van der Waals surface area contributed by atoms with Crippen LogP contribution < -0.4 is 0 Å². The number of carboxylic acid groups (broad SMARTS) is 1. The summed E-state index contributed by atoms with van der Waals surface area (Å²) in [4.78, 5) is 43.5. The van der Waals surface area contributed by atoms with Gasteiger partial charge in [-0.2, -0.15) is 0 Å². The van der Waals surface area contributed by atoms with E-state index in [0.29, 0.717) is 24.2 Å². The van der Waals surface area contributed by atoms with Crippen molar-refractivity contribution in [3.05, 3.63) is 82.7 Å². The van der Waals surface area contributed by atoms with Crippen molar-refractivity contribution in [2.75, 3.05) is 19.7 Å². The summed E-state index contributed by atoms with van der Waals surface area (Å²) >= 11 is 0. The highest BCUT2D eigenvalue weighted by Crippen LogP contribution is 2.44. The molecule has 9 nitrogen and oxygen atoms in total. The van der Waals surface area contributed by atoms with Crippen molar-refractivity contribution in [3.63, 3.8) is 0 Å². The Balaban J connectivity index is 1.33. The van der Waals surface area contributed by atoms with Crippen LogP contribution in [-0.2, 0) is 16.0 Å². The fourth-order valence-electron chi connectivity index (χ4n) is 5.25. The van der Waals surface area contributed by atoms with Crippen LogP contribution >= 0.6 is 0 Å². The zero-order chi connectivity index (χ0) is 27.9. The van der Waals surface area contributed by atoms with Crippen molar-refractivity contribution >= 4 is 18.2 Å². The quantitative estimate of drug-likeness (QED) is 0.441. The number of aromatic nitrogens is 1. The van der Waals surface area contributed by atoms with Crippen molar-refractivity contribution < 1.29 is 29.0 Å². The first kappa shape index (κ1) is 26.3. The summed E-state index contributed by atoms with van der Waals surface area (Å²) in [5.41, 5.74) is 5.21. The molecule has 3 aromatic rings. The highest BCUT2D eigenvalue weighted by Gasteiger charge is 2.40. The fraction of sp³-hybridized carbons (Fsp3) is 0.367. The third-order valence-corrected chi connectivity index (χ3v) is 7.33. The molecule has 2 aliphatic rings. The van der Waals surface area contributed by atoms with E-state index in [-0.39, 0.29) is 30.8 Å². The minimum atomic E-state index is -1.06. The molecular weight excluding hydrogens is 498 g/mol. The van der Waals surface area contributed by atoms with Crippen molar-refractivity contribution in [1.29, 1.82) is 0 Å². The molecule has 1 fully saturated rings. The van der Waals surface area contributed by atoms with E-state index in [2.05, 4.69) is 29.2 Å². The summed E-state index contributed by atoms with van der Waals surface area (Å²) in [6, 6.07) is 16.0. The number of fused-ring (bicyclic) bond motifs is 3. The molecule has 1 aliphatic heterocycles. The van der Waals surface area contributed by atoms with E-state index in [4.69, 9.17) is 9.47 Å². The number of carbonyl (C=O) groups excluding carboxylic acids is 2. The SMILES string of the molecule is Cc1c(CN(C(=O)OCC2c3ccccc3-c3ccccc32)C2CN(C(=O)OC(C)(C)C)C2)c[nH]c1C(=O)O. The Labute approximate surface area is 227 Å². The molecule has 5 rings (SSSR count). The van der Waals surface area contributed by atoms with Crippen LogP contribution in [0.4, 0.5) is 9.59 Å². The number of carbonyl (C=O) groups is 3. The second-order valence-corrected chi connectivity index (χ2v) is 11.1. The molecule has 204 valence electrons. The van der Waals surface area contributed by atoms with E-state index < -0.39 is 23.8 Å². The van der Waals surface area contributed by atoms with Gasteiger partial charge in [-0.1, -0.05) is 48.5 Å². The number of ether oxygens (including phenoxy) is 2. The number of hydrogen-bond donors (Lipinski definition) is 2. The summed E-state index contributed by atoms with van der Waals surface area (Å²) < 4.78 is 11.4. The zero-order valence-corrected chi connectivity index (χ0v) is 22.6. The lowest BCUT2D eigenvalue weighted by Crippen LogP contribution is -2.62. The lowest BCUT2D eigenvalue weighted by molar-refractivity contribution is -0.0176. The smallest absolute Gasteiger partial charge is 0.410 e. The second kappa shape index (κ2) is 10.1. The molecule has 1 saturated heterocycles. The lowest BCUT2D eigenvalue weighted by Gasteiger charge is -2.44. The number of rotatable bonds is 6. The van der Waals surface area contributed by atoms with Crippen molar-refractivity contribution in [3.8, 4) is 11.1 Å². The van der Waals surface area contributed by atoms with E-state index in [1.165, 1.54) is 0 Å². The van der Waals surface area contributed by atoms with Gasteiger partial charge < -0.3 is 24.5 Å². The predicted molar refractivity (Wildman–Crippen MR) is 145 cm³/mol. The Kier molecular flexibility index (Phi) is 6.84. The minimum Gasteiger partial charge on any atom is -0.477 e. The molecule has 0 radical (unpaired) electrons. The molecule has 2 N–H and O–H groups in total. The van der Waals surface area contributed by atoms with Crippen LogP contribution in [0.15, 0.2) is 54.7 Å². The molecule has 0 bridgehead atoms. The molecule has 2 aromatic carbocycles. The molecule has 9 heteroatoms. The van der Waals surface area contributed by atoms with Crippen molar-refractivity contribution in [2.24, 2.45) is 0 Å². The highest BCUT2D eigenvalue weighted by molar-refractivity contribution is 5.87. The summed E-state index contributed by atoms with van der Waals surface area (Å²) in [6.07, 6.45) is 0.660. The van der Waals surface area contributed by atoms with Crippen LogP contribution in [0.3, 0.4) is 0 Å². The van der Waals surface area contributed by atoms with Gasteiger partial charge in [0.25, 0.3) is 0 Å². The van der Waals surface area contributed by atoms with Crippen molar-refractivity contribution in [2.45, 2.75) is 51.8 Å². The molecule has 1 aromatic heterocycles. The third kappa shape index (κ3) is 5.21. The number of amides is 2. The number of H-pyrrole nitrogens is 1. The van der Waals surface area contributed by atoms with Gasteiger partial charge in [0.2, 0.25) is 0 Å². The van der Waals surface area contributed by atoms with Gasteiger partial charge in [-0.25, -0.2) is 14.4 Å². The topological polar surface area (TPSA) is 112 Å². The largest absolute Gasteiger partial charge is 0.477 e. The average molecular weight is 532 g/mol. The number of aromatic amines is 1. The number of aromatic carboxylic acids is 1. The lowest BCUT2D eigenvalue weighted by atomic mass is 9.98. The normalized spacial score (nSPS) is 14.8. The molecule has 0 atom stereocenters. The van der Waals surface area contributed by atoms with Gasteiger partial charge in [0.1, 0.15) is 17.9 Å². The minimum absolute atomic E-state index is 0.0847. The average Bonchev–Trinajstić information content (AvgIpc) is 3.37. The van der Waals surface area contributed by atoms with Crippen LogP contribution in [0.25, 0.3) is 11.1 Å². The molecule has 1 aliphatic carbocycles. The summed E-state index contributed by atoms with van der Waals surface area (Å²) in [5.74, 6) is -1.15. The first-order chi connectivity index (χ1) is 18.5. The van der Waals surface area contributed by atoms with E-state index in [1.807, 2.05) is 24.3 Å². The van der Waals surface area contributed by atoms with Gasteiger partial charge in [-0.15, -0.1) is 0 Å². The van der Waals surface area contributed by atoms with Gasteiger partial charge in [0, 0.05) is 25.2 Å². The second-order valence-electron chi connectivity index (χ2n) is 11.1. The van der Waals surface area contributed by atoms with Gasteiger partial charge >= 0.3 is 18.2 Å². The van der Waals surface area contributed by atoms with Gasteiger partial charge in [0.05, 0.1) is 12.6 Å². The van der Waals surface area contributed by atoms with Gasteiger partial charge in [-0.05, 0) is 61.1 Å². The zero-order valence-electron chi connectivity index (χ0n) is 22.6. The van der Waals surface area contributed by atoms with Crippen molar-refractivity contribution in [1.82, 2.24) is 14.8 Å². The Morgan fingerprint density at radius 3 is 2.15 bits per heavy atom. The number of likely N-dealkylation sites (tertiary alicyclic amines) is 1. The van der Waals surface area contributed by atoms with E-state index in [9.17, 15) is 19.5 Å². The molecule has 39 heavy (non-hydrogen) atoms. The van der Waals surface area contributed by atoms with Crippen LogP contribution in [0.2, 0.25) is 0 Å². The van der Waals surface area contributed by atoms with E-state index in [0.717, 1.165) is 22.3 Å². The number of benzene rings is 2. The highest BCUT2D eigenvalue weighted by atomic mass is 16.6. The number of nitrogens with zero attached hydrogens (tertiary/aromatic N) is 2. The Hall–Kier alpha value is -4.27. The van der Waals surface area contributed by atoms with Gasteiger partial charge in [-0.3, -0.25) is 4.90 Å². The first-order valence-corrected chi connectivity index (χ1v) is 13.0. The molecule has 0 unspecified atom stereocenters. The van der Waals surface area contributed by atoms with E-state index >= 15 is 0 Å². The molecule has 2 amide bonds. The fourth-order valence-corrected chi connectivity index (χ4v) is 5.25. The van der Waals surface area contributed by atoms with Crippen LogP contribution in [0.1, 0.15) is 59.4 Å². The van der Waals surface area contributed by atoms with Crippen LogP contribution in [0, 0.1) is 6.92 Å². The number of hydrogen-bond acceptors (Lipinski definition) is 5. The Morgan fingerprint density at radius 1 is 1.03 bits per heavy atom. The maximum absolute atomic E-state index is 13.6. The molecule has 0 saturated carbocycles. The Morgan fingerprint density at radius 2 is 1.62 bits per heavy atom. The van der Waals surface area contributed by atoms with Crippen LogP contribution in [-0.4, -0.2) is 69.4 Å².